The minimum atomic E-state index is -1.42. The minimum Gasteiger partial charge on any atom is -0.444 e. The quantitative estimate of drug-likeness (QED) is 0.355. The first-order chi connectivity index (χ1) is 16.0. The Labute approximate surface area is 201 Å². The van der Waals surface area contributed by atoms with Crippen LogP contribution < -0.4 is 10.6 Å². The minimum absolute atomic E-state index is 0.169. The van der Waals surface area contributed by atoms with Crippen molar-refractivity contribution in [2.24, 2.45) is 0 Å². The summed E-state index contributed by atoms with van der Waals surface area (Å²) in [4.78, 5) is 39.9. The van der Waals surface area contributed by atoms with E-state index in [9.17, 15) is 24.8 Å². The molecule has 0 aliphatic heterocycles. The van der Waals surface area contributed by atoms with Gasteiger partial charge in [-0.3, -0.25) is 9.59 Å². The van der Waals surface area contributed by atoms with Gasteiger partial charge in [-0.2, -0.15) is 5.26 Å². The average Bonchev–Trinajstić information content (AvgIpc) is 2.76. The van der Waals surface area contributed by atoms with Crippen molar-refractivity contribution in [2.75, 3.05) is 13.2 Å². The summed E-state index contributed by atoms with van der Waals surface area (Å²) >= 11 is 0. The second-order valence-corrected chi connectivity index (χ2v) is 8.87. The second-order valence-electron chi connectivity index (χ2n) is 8.87. The van der Waals surface area contributed by atoms with Crippen molar-refractivity contribution >= 4 is 17.9 Å². The van der Waals surface area contributed by atoms with Gasteiger partial charge >= 0.3 is 6.09 Å². The van der Waals surface area contributed by atoms with Crippen molar-refractivity contribution in [1.82, 2.24) is 15.5 Å². The van der Waals surface area contributed by atoms with Crippen LogP contribution in [0.25, 0.3) is 0 Å². The van der Waals surface area contributed by atoms with Crippen LogP contribution >= 0.6 is 0 Å². The standard InChI is InChI=1S/C25H34N4O5/c1-7-9-17(3)27-22(31)21(19-12-10-18(8-2)11-13-19)29(15-14-26)23(32)20(16-30)28-24(33)34-25(4,5)6/h2,10-13,17,20-21,30H,7,9,15-16H2,1,3-6H3,(H,27,31)(H,28,33). The number of benzene rings is 1. The Kier molecular flexibility index (Phi) is 11.1. The average molecular weight is 471 g/mol. The van der Waals surface area contributed by atoms with E-state index in [4.69, 9.17) is 11.2 Å². The van der Waals surface area contributed by atoms with Gasteiger partial charge in [0.1, 0.15) is 24.2 Å². The first kappa shape index (κ1) is 28.5. The number of ether oxygens (including phenoxy) is 1. The monoisotopic (exact) mass is 470 g/mol. The van der Waals surface area contributed by atoms with Crippen molar-refractivity contribution in [2.45, 2.75) is 71.2 Å². The van der Waals surface area contributed by atoms with Crippen LogP contribution in [0, 0.1) is 23.7 Å². The molecule has 9 nitrogen and oxygen atoms in total. The molecule has 0 aliphatic rings. The van der Waals surface area contributed by atoms with Gasteiger partial charge in [-0.1, -0.05) is 31.4 Å². The molecule has 3 unspecified atom stereocenters. The molecule has 0 saturated carbocycles. The van der Waals surface area contributed by atoms with Gasteiger partial charge in [-0.25, -0.2) is 4.79 Å². The molecule has 3 atom stereocenters. The van der Waals surface area contributed by atoms with Crippen LogP contribution in [0.15, 0.2) is 24.3 Å². The number of rotatable bonds is 10. The zero-order chi connectivity index (χ0) is 25.9. The van der Waals surface area contributed by atoms with E-state index in [-0.39, 0.29) is 6.04 Å². The van der Waals surface area contributed by atoms with Gasteiger partial charge in [0.15, 0.2) is 0 Å². The van der Waals surface area contributed by atoms with Crippen molar-refractivity contribution < 1.29 is 24.2 Å². The first-order valence-electron chi connectivity index (χ1n) is 11.1. The maximum atomic E-state index is 13.4. The molecule has 184 valence electrons. The molecule has 0 aromatic heterocycles. The highest BCUT2D eigenvalue weighted by molar-refractivity contribution is 5.92. The van der Waals surface area contributed by atoms with E-state index in [2.05, 4.69) is 16.6 Å². The van der Waals surface area contributed by atoms with Gasteiger partial charge in [0.05, 0.1) is 12.7 Å². The van der Waals surface area contributed by atoms with E-state index in [0.717, 1.165) is 17.7 Å². The zero-order valence-electron chi connectivity index (χ0n) is 20.4. The lowest BCUT2D eigenvalue weighted by Crippen LogP contribution is -2.55. The molecular weight excluding hydrogens is 436 g/mol. The van der Waals surface area contributed by atoms with Crippen molar-refractivity contribution in [3.8, 4) is 18.4 Å². The Morgan fingerprint density at radius 2 is 1.82 bits per heavy atom. The molecule has 0 bridgehead atoms. The molecular formula is C25H34N4O5. The van der Waals surface area contributed by atoms with Gasteiger partial charge in [-0.05, 0) is 51.8 Å². The van der Waals surface area contributed by atoms with E-state index in [0.29, 0.717) is 11.1 Å². The van der Waals surface area contributed by atoms with Gasteiger partial charge in [0.2, 0.25) is 11.8 Å². The largest absolute Gasteiger partial charge is 0.444 e. The summed E-state index contributed by atoms with van der Waals surface area (Å²) in [6.07, 6.45) is 6.08. The number of nitriles is 1. The number of aliphatic hydroxyl groups is 1. The number of hydrogen-bond acceptors (Lipinski definition) is 6. The highest BCUT2D eigenvalue weighted by Gasteiger charge is 2.36. The lowest BCUT2D eigenvalue weighted by Gasteiger charge is -2.33. The summed E-state index contributed by atoms with van der Waals surface area (Å²) in [6, 6.07) is 5.59. The molecule has 0 radical (unpaired) electrons. The lowest BCUT2D eigenvalue weighted by atomic mass is 10.0. The number of hydrogen-bond donors (Lipinski definition) is 3. The van der Waals surface area contributed by atoms with Crippen LogP contribution in [-0.4, -0.2) is 58.8 Å². The van der Waals surface area contributed by atoms with Crippen molar-refractivity contribution in [3.63, 3.8) is 0 Å². The number of amides is 3. The molecule has 0 heterocycles. The molecule has 0 spiro atoms. The third kappa shape index (κ3) is 8.76. The Morgan fingerprint density at radius 3 is 2.29 bits per heavy atom. The smallest absolute Gasteiger partial charge is 0.408 e. The van der Waals surface area contributed by atoms with Gasteiger partial charge in [0.25, 0.3) is 0 Å². The number of terminal acetylenes is 1. The van der Waals surface area contributed by atoms with Crippen LogP contribution in [-0.2, 0) is 14.3 Å². The van der Waals surface area contributed by atoms with Gasteiger partial charge in [-0.15, -0.1) is 6.42 Å². The van der Waals surface area contributed by atoms with Gasteiger partial charge < -0.3 is 25.4 Å². The number of carbonyl (C=O) groups excluding carboxylic acids is 3. The molecule has 0 saturated heterocycles. The Bertz CT molecular complexity index is 925. The van der Waals surface area contributed by atoms with E-state index in [1.807, 2.05) is 19.9 Å². The van der Waals surface area contributed by atoms with Crippen LogP contribution in [0.1, 0.15) is 64.6 Å². The molecule has 0 fully saturated rings. The van der Waals surface area contributed by atoms with Crippen molar-refractivity contribution in [1.29, 1.82) is 5.26 Å². The van der Waals surface area contributed by atoms with E-state index in [1.54, 1.807) is 45.0 Å². The third-order valence-electron chi connectivity index (χ3n) is 4.76. The predicted octanol–water partition coefficient (Wildman–Crippen LogP) is 2.25. The summed E-state index contributed by atoms with van der Waals surface area (Å²) in [7, 11) is 0. The molecule has 34 heavy (non-hydrogen) atoms. The summed E-state index contributed by atoms with van der Waals surface area (Å²) in [5, 5.41) is 24.4. The molecule has 3 amide bonds. The Morgan fingerprint density at radius 1 is 1.21 bits per heavy atom. The SMILES string of the molecule is C#Cc1ccc(C(C(=O)NC(C)CCC)N(CC#N)C(=O)C(CO)NC(=O)OC(C)(C)C)cc1. The predicted molar refractivity (Wildman–Crippen MR) is 127 cm³/mol. The molecule has 3 N–H and O–H groups in total. The van der Waals surface area contributed by atoms with Crippen LogP contribution in [0.3, 0.4) is 0 Å². The number of nitrogens with one attached hydrogen (secondary N) is 2. The molecule has 1 aromatic carbocycles. The van der Waals surface area contributed by atoms with Crippen LogP contribution in [0.2, 0.25) is 0 Å². The normalized spacial score (nSPS) is 13.4. The molecule has 1 aromatic rings. The fourth-order valence-electron chi connectivity index (χ4n) is 3.27. The second kappa shape index (κ2) is 13.2. The Hall–Kier alpha value is -3.56. The van der Waals surface area contributed by atoms with Crippen molar-refractivity contribution in [3.05, 3.63) is 35.4 Å². The van der Waals surface area contributed by atoms with E-state index < -0.39 is 48.7 Å². The molecule has 0 aliphatic carbocycles. The topological polar surface area (TPSA) is 132 Å². The number of alkyl carbamates (subject to hydrolysis) is 1. The highest BCUT2D eigenvalue weighted by Crippen LogP contribution is 2.23. The maximum Gasteiger partial charge on any atom is 0.408 e. The number of aliphatic hydroxyl groups excluding tert-OH is 1. The fraction of sp³-hybridized carbons (Fsp3) is 0.520. The highest BCUT2D eigenvalue weighted by atomic mass is 16.6. The summed E-state index contributed by atoms with van der Waals surface area (Å²) in [5.41, 5.74) is 0.189. The maximum absolute atomic E-state index is 13.4. The molecule has 9 heteroatoms. The number of nitrogens with zero attached hydrogens (tertiary/aromatic N) is 2. The van der Waals surface area contributed by atoms with Crippen LogP contribution in [0.5, 0.6) is 0 Å². The number of carbonyl (C=O) groups is 3. The summed E-state index contributed by atoms with van der Waals surface area (Å²) in [5.74, 6) is 1.19. The Balaban J connectivity index is 3.36. The van der Waals surface area contributed by atoms with Gasteiger partial charge in [0, 0.05) is 11.6 Å². The fourth-order valence-corrected chi connectivity index (χ4v) is 3.27. The lowest BCUT2D eigenvalue weighted by molar-refractivity contribution is -0.142. The van der Waals surface area contributed by atoms with E-state index >= 15 is 0 Å². The first-order valence-corrected chi connectivity index (χ1v) is 11.1. The summed E-state index contributed by atoms with van der Waals surface area (Å²) < 4.78 is 5.16. The third-order valence-corrected chi connectivity index (χ3v) is 4.76. The van der Waals surface area contributed by atoms with Crippen LogP contribution in [0.4, 0.5) is 4.79 Å². The zero-order valence-corrected chi connectivity index (χ0v) is 20.4. The molecule has 1 rings (SSSR count). The van der Waals surface area contributed by atoms with E-state index in [1.165, 1.54) is 0 Å². The summed E-state index contributed by atoms with van der Waals surface area (Å²) in [6.45, 7) is 7.58.